The number of aliphatic hydroxyl groups excluding tert-OH is 1. The van der Waals surface area contributed by atoms with E-state index in [0.717, 1.165) is 22.8 Å². The van der Waals surface area contributed by atoms with Crippen molar-refractivity contribution in [3.05, 3.63) is 66.6 Å². The number of rotatable bonds is 7. The monoisotopic (exact) mass is 323 g/mol. The van der Waals surface area contributed by atoms with Gasteiger partial charge in [-0.1, -0.05) is 12.1 Å². The number of aliphatic hydroxyl groups is 1. The highest BCUT2D eigenvalue weighted by molar-refractivity contribution is 5.49. The van der Waals surface area contributed by atoms with Gasteiger partial charge in [0.15, 0.2) is 0 Å². The van der Waals surface area contributed by atoms with Crippen molar-refractivity contribution in [2.75, 3.05) is 30.4 Å². The first-order chi connectivity index (χ1) is 11.8. The number of pyridine rings is 1. The van der Waals surface area contributed by atoms with Crippen LogP contribution in [0.4, 0.5) is 11.5 Å². The maximum absolute atomic E-state index is 8.97. The van der Waals surface area contributed by atoms with Gasteiger partial charge >= 0.3 is 0 Å². The van der Waals surface area contributed by atoms with Crippen LogP contribution in [0.15, 0.2) is 61.1 Å². The van der Waals surface area contributed by atoms with Crippen molar-refractivity contribution >= 4 is 11.5 Å². The third-order valence-corrected chi connectivity index (χ3v) is 3.78. The summed E-state index contributed by atoms with van der Waals surface area (Å²) in [5.41, 5.74) is 3.18. The summed E-state index contributed by atoms with van der Waals surface area (Å²) < 4.78 is 1.84. The molecule has 0 spiro atoms. The smallest absolute Gasteiger partial charge is 0.126 e. The van der Waals surface area contributed by atoms with Gasteiger partial charge in [0.1, 0.15) is 5.82 Å². The molecule has 0 bridgehead atoms. The summed E-state index contributed by atoms with van der Waals surface area (Å²) in [7, 11) is 1.93. The average Bonchev–Trinajstić information content (AvgIpc) is 3.16. The number of benzene rings is 1. The van der Waals surface area contributed by atoms with E-state index < -0.39 is 0 Å². The van der Waals surface area contributed by atoms with Gasteiger partial charge in [-0.25, -0.2) is 9.67 Å². The minimum Gasteiger partial charge on any atom is -0.395 e. The van der Waals surface area contributed by atoms with Crippen molar-refractivity contribution < 1.29 is 5.11 Å². The number of nitrogens with zero attached hydrogens (tertiary/aromatic N) is 4. The fourth-order valence-electron chi connectivity index (χ4n) is 2.42. The molecule has 0 aliphatic rings. The molecule has 2 N–H and O–H groups in total. The number of likely N-dealkylation sites (N-methyl/N-ethyl adjacent to an activating group) is 1. The molecule has 0 saturated heterocycles. The van der Waals surface area contributed by atoms with E-state index in [4.69, 9.17) is 5.11 Å². The molecule has 0 radical (unpaired) electrons. The van der Waals surface area contributed by atoms with Crippen molar-refractivity contribution in [3.8, 4) is 5.69 Å². The van der Waals surface area contributed by atoms with Crippen LogP contribution in [0.3, 0.4) is 0 Å². The zero-order valence-electron chi connectivity index (χ0n) is 13.6. The lowest BCUT2D eigenvalue weighted by atomic mass is 10.2. The number of nitrogens with one attached hydrogen (secondary N) is 1. The van der Waals surface area contributed by atoms with Crippen LogP contribution in [0.2, 0.25) is 0 Å². The second-order valence-corrected chi connectivity index (χ2v) is 5.52. The maximum Gasteiger partial charge on any atom is 0.126 e. The zero-order valence-corrected chi connectivity index (χ0v) is 13.6. The third kappa shape index (κ3) is 3.91. The van der Waals surface area contributed by atoms with E-state index in [9.17, 15) is 0 Å². The summed E-state index contributed by atoms with van der Waals surface area (Å²) in [4.78, 5) is 6.38. The van der Waals surface area contributed by atoms with Gasteiger partial charge in [0.25, 0.3) is 0 Å². The van der Waals surface area contributed by atoms with Gasteiger partial charge in [-0.3, -0.25) is 0 Å². The summed E-state index contributed by atoms with van der Waals surface area (Å²) in [6, 6.07) is 14.1. The number of anilines is 2. The second kappa shape index (κ2) is 7.61. The van der Waals surface area contributed by atoms with E-state index in [2.05, 4.69) is 27.5 Å². The highest BCUT2D eigenvalue weighted by Gasteiger charge is 2.02. The van der Waals surface area contributed by atoms with E-state index in [1.807, 2.05) is 53.2 Å². The third-order valence-electron chi connectivity index (χ3n) is 3.78. The summed E-state index contributed by atoms with van der Waals surface area (Å²) in [6.07, 6.45) is 5.50. The van der Waals surface area contributed by atoms with Crippen molar-refractivity contribution in [1.29, 1.82) is 0 Å². The van der Waals surface area contributed by atoms with Crippen LogP contribution in [0.5, 0.6) is 0 Å². The molecule has 6 heteroatoms. The summed E-state index contributed by atoms with van der Waals surface area (Å²) in [5, 5.41) is 16.5. The molecule has 0 atom stereocenters. The molecule has 3 rings (SSSR count). The lowest BCUT2D eigenvalue weighted by Gasteiger charge is -2.17. The summed E-state index contributed by atoms with van der Waals surface area (Å²) in [5.74, 6) is 0.820. The van der Waals surface area contributed by atoms with Gasteiger partial charge in [-0.2, -0.15) is 5.10 Å². The lowest BCUT2D eigenvalue weighted by Crippen LogP contribution is -2.21. The average molecular weight is 323 g/mol. The van der Waals surface area contributed by atoms with Crippen LogP contribution >= 0.6 is 0 Å². The molecule has 24 heavy (non-hydrogen) atoms. The Morgan fingerprint density at radius 3 is 2.83 bits per heavy atom. The van der Waals surface area contributed by atoms with Crippen LogP contribution in [0.1, 0.15) is 5.56 Å². The zero-order chi connectivity index (χ0) is 16.8. The Bertz CT molecular complexity index is 755. The van der Waals surface area contributed by atoms with Crippen molar-refractivity contribution in [3.63, 3.8) is 0 Å². The lowest BCUT2D eigenvalue weighted by molar-refractivity contribution is 0.304. The minimum absolute atomic E-state index is 0.128. The molecular formula is C18H21N5O. The Kier molecular flexibility index (Phi) is 5.08. The van der Waals surface area contributed by atoms with Crippen molar-refractivity contribution in [2.24, 2.45) is 0 Å². The molecule has 124 valence electrons. The fourth-order valence-corrected chi connectivity index (χ4v) is 2.42. The second-order valence-electron chi connectivity index (χ2n) is 5.52. The Balaban J connectivity index is 1.62. The Morgan fingerprint density at radius 1 is 1.21 bits per heavy atom. The highest BCUT2D eigenvalue weighted by Crippen LogP contribution is 2.15. The predicted octanol–water partition coefficient (Wildman–Crippen LogP) is 2.31. The van der Waals surface area contributed by atoms with Crippen LogP contribution in [-0.4, -0.2) is 40.1 Å². The molecular weight excluding hydrogens is 302 g/mol. The molecule has 0 aliphatic carbocycles. The SMILES string of the molecule is CN(CCO)c1ccc(NCc2cccc(-n3cccn3)c2)nc1. The molecule has 0 amide bonds. The maximum atomic E-state index is 8.97. The number of hydrogen-bond acceptors (Lipinski definition) is 5. The number of aromatic nitrogens is 3. The standard InChI is InChI=1S/C18H21N5O/c1-22(10-11-24)17-6-7-18(20-14-17)19-13-15-4-2-5-16(12-15)23-9-3-8-21-23/h2-9,12,14,24H,10-11,13H2,1H3,(H,19,20). The van der Waals surface area contributed by atoms with Gasteiger partial charge in [0.2, 0.25) is 0 Å². The summed E-state index contributed by atoms with van der Waals surface area (Å²) in [6.45, 7) is 1.41. The Morgan fingerprint density at radius 2 is 2.12 bits per heavy atom. The van der Waals surface area contributed by atoms with E-state index in [1.165, 1.54) is 0 Å². The molecule has 2 heterocycles. The Hall–Kier alpha value is -2.86. The largest absolute Gasteiger partial charge is 0.395 e. The van der Waals surface area contributed by atoms with Crippen molar-refractivity contribution in [1.82, 2.24) is 14.8 Å². The van der Waals surface area contributed by atoms with E-state index in [1.54, 1.807) is 12.4 Å². The molecule has 6 nitrogen and oxygen atoms in total. The minimum atomic E-state index is 0.128. The molecule has 1 aromatic carbocycles. The van der Waals surface area contributed by atoms with Crippen molar-refractivity contribution in [2.45, 2.75) is 6.54 Å². The normalized spacial score (nSPS) is 10.6. The van der Waals surface area contributed by atoms with E-state index in [0.29, 0.717) is 13.1 Å². The van der Waals surface area contributed by atoms with E-state index in [-0.39, 0.29) is 6.61 Å². The van der Waals surface area contributed by atoms with E-state index >= 15 is 0 Å². The first-order valence-corrected chi connectivity index (χ1v) is 7.87. The van der Waals surface area contributed by atoms with Crippen LogP contribution in [0.25, 0.3) is 5.69 Å². The molecule has 0 aliphatic heterocycles. The summed E-state index contributed by atoms with van der Waals surface area (Å²) >= 11 is 0. The van der Waals surface area contributed by atoms with Gasteiger partial charge < -0.3 is 15.3 Å². The first-order valence-electron chi connectivity index (χ1n) is 7.87. The topological polar surface area (TPSA) is 66.2 Å². The van der Waals surface area contributed by atoms with Crippen LogP contribution < -0.4 is 10.2 Å². The molecule has 0 unspecified atom stereocenters. The number of hydrogen-bond donors (Lipinski definition) is 2. The molecule has 3 aromatic rings. The molecule has 0 fully saturated rings. The molecule has 0 saturated carbocycles. The fraction of sp³-hybridized carbons (Fsp3) is 0.222. The van der Waals surface area contributed by atoms with Gasteiger partial charge in [0.05, 0.1) is 24.2 Å². The Labute approximate surface area is 141 Å². The highest BCUT2D eigenvalue weighted by atomic mass is 16.3. The first kappa shape index (κ1) is 16.0. The van der Waals surface area contributed by atoms with Gasteiger partial charge in [0, 0.05) is 32.5 Å². The van der Waals surface area contributed by atoms with Crippen LogP contribution in [0, 0.1) is 0 Å². The quantitative estimate of drug-likeness (QED) is 0.698. The predicted molar refractivity (Wildman–Crippen MR) is 95.5 cm³/mol. The molecule has 2 aromatic heterocycles. The van der Waals surface area contributed by atoms with Crippen LogP contribution in [-0.2, 0) is 6.54 Å². The van der Waals surface area contributed by atoms with Gasteiger partial charge in [-0.15, -0.1) is 0 Å². The van der Waals surface area contributed by atoms with Gasteiger partial charge in [-0.05, 0) is 35.9 Å².